The van der Waals surface area contributed by atoms with E-state index in [0.29, 0.717) is 32.7 Å². The van der Waals surface area contributed by atoms with Crippen molar-refractivity contribution < 1.29 is 14.6 Å². The third-order valence-corrected chi connectivity index (χ3v) is 4.27. The molecule has 1 saturated heterocycles. The lowest BCUT2D eigenvalue weighted by molar-refractivity contribution is -0.170. The number of nitrogens with zero attached hydrogens (tertiary/aromatic N) is 2. The van der Waals surface area contributed by atoms with Crippen molar-refractivity contribution in [1.82, 2.24) is 9.78 Å². The molecule has 0 bridgehead atoms. The van der Waals surface area contributed by atoms with Crippen molar-refractivity contribution in [3.63, 3.8) is 0 Å². The van der Waals surface area contributed by atoms with Crippen molar-refractivity contribution in [2.24, 2.45) is 0 Å². The minimum atomic E-state index is -0.701. The first kappa shape index (κ1) is 15.0. The molecule has 108 valence electrons. The number of aryl methyl sites for hydroxylation is 1. The van der Waals surface area contributed by atoms with Crippen molar-refractivity contribution in [2.75, 3.05) is 19.8 Å². The van der Waals surface area contributed by atoms with Gasteiger partial charge < -0.3 is 14.6 Å². The molecule has 1 N–H and O–H groups in total. The summed E-state index contributed by atoms with van der Waals surface area (Å²) >= 11 is 3.47. The molecular formula is C13H21BrN2O3. The number of aliphatic hydroxyl groups is 1. The normalized spacial score (nSPS) is 20.4. The molecule has 1 aromatic heterocycles. The van der Waals surface area contributed by atoms with Crippen LogP contribution in [0, 0.1) is 0 Å². The minimum Gasteiger partial charge on any atom is -0.384 e. The van der Waals surface area contributed by atoms with Gasteiger partial charge in [-0.15, -0.1) is 0 Å². The monoisotopic (exact) mass is 332 g/mol. The Hall–Kier alpha value is -0.430. The Morgan fingerprint density at radius 1 is 1.53 bits per heavy atom. The van der Waals surface area contributed by atoms with Crippen LogP contribution in [-0.4, -0.2) is 40.3 Å². The fraction of sp³-hybridized carbons (Fsp3) is 0.769. The quantitative estimate of drug-likeness (QED) is 0.898. The van der Waals surface area contributed by atoms with Crippen LogP contribution in [0.15, 0.2) is 10.7 Å². The van der Waals surface area contributed by atoms with Crippen LogP contribution in [-0.2, 0) is 16.0 Å². The van der Waals surface area contributed by atoms with Gasteiger partial charge in [-0.05, 0) is 29.8 Å². The molecule has 2 rings (SSSR count). The van der Waals surface area contributed by atoms with E-state index >= 15 is 0 Å². The zero-order valence-corrected chi connectivity index (χ0v) is 13.0. The van der Waals surface area contributed by atoms with Gasteiger partial charge in [-0.3, -0.25) is 4.68 Å². The molecule has 5 nitrogen and oxygen atoms in total. The summed E-state index contributed by atoms with van der Waals surface area (Å²) in [5, 5.41) is 15.1. The Kier molecular flexibility index (Phi) is 5.00. The van der Waals surface area contributed by atoms with Crippen molar-refractivity contribution in [2.45, 2.75) is 44.9 Å². The highest BCUT2D eigenvalue weighted by molar-refractivity contribution is 9.10. The van der Waals surface area contributed by atoms with Crippen molar-refractivity contribution in [3.05, 3.63) is 16.4 Å². The first-order valence-electron chi connectivity index (χ1n) is 6.75. The Morgan fingerprint density at radius 2 is 2.21 bits per heavy atom. The number of aliphatic hydroxyl groups excluding tert-OH is 1. The van der Waals surface area contributed by atoms with Gasteiger partial charge in [0.1, 0.15) is 11.7 Å². The third kappa shape index (κ3) is 2.86. The van der Waals surface area contributed by atoms with Gasteiger partial charge in [0.25, 0.3) is 0 Å². The fourth-order valence-corrected chi connectivity index (χ4v) is 3.16. The van der Waals surface area contributed by atoms with Gasteiger partial charge in [-0.25, -0.2) is 0 Å². The predicted octanol–water partition coefficient (Wildman–Crippen LogP) is 2.28. The van der Waals surface area contributed by atoms with Gasteiger partial charge in [0.15, 0.2) is 0 Å². The van der Waals surface area contributed by atoms with Crippen LogP contribution in [0.5, 0.6) is 0 Å². The molecule has 0 aliphatic carbocycles. The zero-order valence-electron chi connectivity index (χ0n) is 11.4. The minimum absolute atomic E-state index is 0.567. The second-order valence-electron chi connectivity index (χ2n) is 4.71. The van der Waals surface area contributed by atoms with Crippen LogP contribution in [0.25, 0.3) is 0 Å². The maximum atomic E-state index is 10.8. The summed E-state index contributed by atoms with van der Waals surface area (Å²) in [4.78, 5) is 0. The first-order chi connectivity index (χ1) is 9.14. The van der Waals surface area contributed by atoms with Gasteiger partial charge in [0.05, 0.1) is 16.4 Å². The van der Waals surface area contributed by atoms with Crippen LogP contribution >= 0.6 is 15.9 Å². The molecule has 1 aromatic rings. The standard InChI is InChI=1S/C13H21BrN2O3/c1-3-16-11(10(14)9-15-16)12(17)13(19-4-2)5-7-18-8-6-13/h9,12,17H,3-8H2,1-2H3. The number of aromatic nitrogens is 2. The van der Waals surface area contributed by atoms with E-state index in [2.05, 4.69) is 21.0 Å². The lowest BCUT2D eigenvalue weighted by Crippen LogP contribution is -2.45. The molecule has 6 heteroatoms. The summed E-state index contributed by atoms with van der Waals surface area (Å²) in [5.41, 5.74) is 0.223. The molecule has 0 radical (unpaired) electrons. The van der Waals surface area contributed by atoms with E-state index in [9.17, 15) is 5.11 Å². The highest BCUT2D eigenvalue weighted by Crippen LogP contribution is 2.40. The fourth-order valence-electron chi connectivity index (χ4n) is 2.65. The van der Waals surface area contributed by atoms with E-state index in [1.54, 1.807) is 6.20 Å². The van der Waals surface area contributed by atoms with Crippen LogP contribution in [0.4, 0.5) is 0 Å². The number of hydrogen-bond acceptors (Lipinski definition) is 4. The van der Waals surface area contributed by atoms with Crippen molar-refractivity contribution in [3.8, 4) is 0 Å². The van der Waals surface area contributed by atoms with Gasteiger partial charge in [-0.2, -0.15) is 5.10 Å². The van der Waals surface area contributed by atoms with Gasteiger partial charge in [0, 0.05) is 39.2 Å². The lowest BCUT2D eigenvalue weighted by atomic mass is 9.86. The average Bonchev–Trinajstić information content (AvgIpc) is 2.80. The van der Waals surface area contributed by atoms with Crippen molar-refractivity contribution >= 4 is 15.9 Å². The highest BCUT2D eigenvalue weighted by atomic mass is 79.9. The van der Waals surface area contributed by atoms with Crippen LogP contribution in [0.3, 0.4) is 0 Å². The molecule has 2 heterocycles. The molecule has 1 unspecified atom stereocenters. The number of halogens is 1. The second kappa shape index (κ2) is 6.35. The lowest BCUT2D eigenvalue weighted by Gasteiger charge is -2.40. The van der Waals surface area contributed by atoms with E-state index in [1.165, 1.54) is 0 Å². The molecule has 0 saturated carbocycles. The van der Waals surface area contributed by atoms with Gasteiger partial charge >= 0.3 is 0 Å². The maximum Gasteiger partial charge on any atom is 0.126 e. The first-order valence-corrected chi connectivity index (χ1v) is 7.55. The van der Waals surface area contributed by atoms with E-state index < -0.39 is 11.7 Å². The Morgan fingerprint density at radius 3 is 2.79 bits per heavy atom. The molecule has 1 aliphatic rings. The SMILES string of the molecule is CCOC1(C(O)c2c(Br)cnn2CC)CCOCC1. The summed E-state index contributed by atoms with van der Waals surface area (Å²) in [6.07, 6.45) is 2.42. The van der Waals surface area contributed by atoms with Gasteiger partial charge in [0.2, 0.25) is 0 Å². The topological polar surface area (TPSA) is 56.5 Å². The number of ether oxygens (including phenoxy) is 2. The molecule has 1 aliphatic heterocycles. The maximum absolute atomic E-state index is 10.8. The van der Waals surface area contributed by atoms with Crippen molar-refractivity contribution in [1.29, 1.82) is 0 Å². The summed E-state index contributed by atoms with van der Waals surface area (Å²) < 4.78 is 14.0. The molecule has 19 heavy (non-hydrogen) atoms. The molecule has 0 amide bonds. The Balaban J connectivity index is 2.32. The van der Waals surface area contributed by atoms with E-state index in [0.717, 1.165) is 16.7 Å². The van der Waals surface area contributed by atoms with Crippen LogP contribution in [0.1, 0.15) is 38.5 Å². The summed E-state index contributed by atoms with van der Waals surface area (Å²) in [6, 6.07) is 0. The molecule has 0 spiro atoms. The summed E-state index contributed by atoms with van der Waals surface area (Å²) in [5.74, 6) is 0. The average molecular weight is 333 g/mol. The smallest absolute Gasteiger partial charge is 0.126 e. The second-order valence-corrected chi connectivity index (χ2v) is 5.56. The van der Waals surface area contributed by atoms with E-state index in [4.69, 9.17) is 9.47 Å². The predicted molar refractivity (Wildman–Crippen MR) is 75.0 cm³/mol. The highest BCUT2D eigenvalue weighted by Gasteiger charge is 2.43. The molecule has 0 aromatic carbocycles. The Labute approximate surface area is 122 Å². The number of rotatable bonds is 5. The molecule has 1 fully saturated rings. The summed E-state index contributed by atoms with van der Waals surface area (Å²) in [7, 11) is 0. The Bertz CT molecular complexity index is 411. The van der Waals surface area contributed by atoms with E-state index in [1.807, 2.05) is 18.5 Å². The van der Waals surface area contributed by atoms with Crippen LogP contribution < -0.4 is 0 Å². The van der Waals surface area contributed by atoms with E-state index in [-0.39, 0.29) is 0 Å². The molecular weight excluding hydrogens is 312 g/mol. The summed E-state index contributed by atoms with van der Waals surface area (Å²) in [6.45, 7) is 6.50. The third-order valence-electron chi connectivity index (χ3n) is 3.66. The zero-order chi connectivity index (χ0) is 13.9. The van der Waals surface area contributed by atoms with Gasteiger partial charge in [-0.1, -0.05) is 0 Å². The number of hydrogen-bond donors (Lipinski definition) is 1. The van der Waals surface area contributed by atoms with Crippen LogP contribution in [0.2, 0.25) is 0 Å². The largest absolute Gasteiger partial charge is 0.384 e. The molecule has 1 atom stereocenters.